The van der Waals surface area contributed by atoms with E-state index in [4.69, 9.17) is 0 Å². The zero-order valence-electron chi connectivity index (χ0n) is 19.9. The Bertz CT molecular complexity index is 1200. The molecule has 3 aliphatic rings. The van der Waals surface area contributed by atoms with Gasteiger partial charge in [0.15, 0.2) is 0 Å². The molecular formula is C27H29Br2N3O3S. The van der Waals surface area contributed by atoms with Gasteiger partial charge in [-0.3, -0.25) is 19.7 Å². The summed E-state index contributed by atoms with van der Waals surface area (Å²) < 4.78 is 2.18. The number of piperidine rings is 1. The molecule has 1 saturated carbocycles. The van der Waals surface area contributed by atoms with E-state index in [0.29, 0.717) is 24.6 Å². The molecule has 3 amide bonds. The average Bonchev–Trinajstić information content (AvgIpc) is 3.21. The summed E-state index contributed by atoms with van der Waals surface area (Å²) in [6, 6.07) is 10.2. The smallest absolute Gasteiger partial charge is 0.255 e. The van der Waals surface area contributed by atoms with E-state index in [-0.39, 0.29) is 24.1 Å². The molecule has 5 rings (SSSR count). The number of rotatable bonds is 7. The summed E-state index contributed by atoms with van der Waals surface area (Å²) in [4.78, 5) is 39.7. The number of halogens is 2. The van der Waals surface area contributed by atoms with Crippen molar-refractivity contribution < 1.29 is 14.4 Å². The molecule has 1 unspecified atom stereocenters. The van der Waals surface area contributed by atoms with Crippen LogP contribution in [0.4, 0.5) is 0 Å². The number of carbonyl (C=O) groups excluding carboxylic acids is 3. The third-order valence-corrected chi connectivity index (χ3v) is 9.95. The molecule has 9 heteroatoms. The van der Waals surface area contributed by atoms with Crippen LogP contribution >= 0.6 is 43.6 Å². The molecule has 6 nitrogen and oxygen atoms in total. The molecule has 190 valence electrons. The second-order valence-electron chi connectivity index (χ2n) is 9.72. The van der Waals surface area contributed by atoms with Crippen LogP contribution in [-0.2, 0) is 28.4 Å². The zero-order chi connectivity index (χ0) is 25.2. The number of amides is 3. The lowest BCUT2D eigenvalue weighted by molar-refractivity contribution is -0.136. The van der Waals surface area contributed by atoms with Gasteiger partial charge >= 0.3 is 0 Å². The van der Waals surface area contributed by atoms with E-state index in [1.54, 1.807) is 16.7 Å². The number of benzene rings is 2. The maximum Gasteiger partial charge on any atom is 0.255 e. The van der Waals surface area contributed by atoms with Crippen LogP contribution in [0, 0.1) is 0 Å². The molecule has 1 atom stereocenters. The van der Waals surface area contributed by atoms with E-state index >= 15 is 0 Å². The molecule has 1 saturated heterocycles. The summed E-state index contributed by atoms with van der Waals surface area (Å²) in [6.45, 7) is 1.24. The molecule has 0 bridgehead atoms. The molecular weight excluding hydrogens is 606 g/mol. The van der Waals surface area contributed by atoms with Crippen molar-refractivity contribution in [3.8, 4) is 0 Å². The first-order valence-corrected chi connectivity index (χ1v) is 15.1. The fraction of sp³-hybridized carbons (Fsp3) is 0.444. The van der Waals surface area contributed by atoms with Gasteiger partial charge in [-0.1, -0.05) is 57.2 Å². The van der Waals surface area contributed by atoms with Crippen molar-refractivity contribution >= 4 is 61.3 Å². The highest BCUT2D eigenvalue weighted by Gasteiger charge is 2.39. The molecule has 2 heterocycles. The average molecular weight is 635 g/mol. The number of imide groups is 1. The molecule has 0 radical (unpaired) electrons. The van der Waals surface area contributed by atoms with E-state index in [0.717, 1.165) is 31.7 Å². The van der Waals surface area contributed by atoms with Crippen molar-refractivity contribution in [2.45, 2.75) is 80.8 Å². The normalized spacial score (nSPS) is 20.6. The lowest BCUT2D eigenvalue weighted by Crippen LogP contribution is -2.52. The molecule has 0 spiro atoms. The second-order valence-corrected chi connectivity index (χ2v) is 12.4. The molecule has 36 heavy (non-hydrogen) atoms. The maximum absolute atomic E-state index is 13.1. The Morgan fingerprint density at radius 3 is 2.53 bits per heavy atom. The Hall–Kier alpha value is -1.68. The van der Waals surface area contributed by atoms with Crippen LogP contribution in [0.2, 0.25) is 0 Å². The lowest BCUT2D eigenvalue weighted by Gasteiger charge is -2.29. The van der Waals surface area contributed by atoms with Gasteiger partial charge in [0, 0.05) is 50.7 Å². The number of fused-ring (bicyclic) bond motifs is 1. The van der Waals surface area contributed by atoms with Crippen molar-refractivity contribution in [1.82, 2.24) is 15.5 Å². The first-order valence-electron chi connectivity index (χ1n) is 12.5. The van der Waals surface area contributed by atoms with E-state index < -0.39 is 6.04 Å². The van der Waals surface area contributed by atoms with Gasteiger partial charge in [-0.15, -0.1) is 11.8 Å². The van der Waals surface area contributed by atoms with E-state index in [1.165, 1.54) is 43.2 Å². The Morgan fingerprint density at radius 1 is 1.00 bits per heavy atom. The number of hydrogen-bond donors (Lipinski definition) is 2. The summed E-state index contributed by atoms with van der Waals surface area (Å²) in [5.74, 6) is -0.0446. The molecule has 2 fully saturated rings. The van der Waals surface area contributed by atoms with Crippen molar-refractivity contribution in [2.75, 3.05) is 0 Å². The fourth-order valence-electron chi connectivity index (χ4n) is 5.28. The number of nitrogens with zero attached hydrogens (tertiary/aromatic N) is 1. The van der Waals surface area contributed by atoms with Crippen LogP contribution in [-0.4, -0.2) is 34.7 Å². The van der Waals surface area contributed by atoms with Crippen LogP contribution in [0.1, 0.15) is 72.0 Å². The Labute approximate surface area is 232 Å². The van der Waals surface area contributed by atoms with Gasteiger partial charge in [0.1, 0.15) is 6.04 Å². The van der Waals surface area contributed by atoms with Gasteiger partial charge in [0.2, 0.25) is 11.8 Å². The third kappa shape index (κ3) is 5.59. The third-order valence-electron chi connectivity index (χ3n) is 7.32. The van der Waals surface area contributed by atoms with Gasteiger partial charge < -0.3 is 10.2 Å². The highest BCUT2D eigenvalue weighted by atomic mass is 79.9. The van der Waals surface area contributed by atoms with Crippen LogP contribution in [0.5, 0.6) is 0 Å². The standard InChI is InChI=1S/C27H29Br2N3O3S/c28-21-12-17(22(29)11-16(21)13-30-18-5-2-1-3-6-18)15-36-24-8-4-7-19-20(24)14-32(27(19)35)23-9-10-25(33)31-26(23)34/h4,7-8,11-12,18,23,30H,1-3,5-6,9-10,13-15H2,(H,31,33,34). The molecule has 1 aliphatic carbocycles. The SMILES string of the molecule is O=C1CCC(N2Cc3c(SCc4cc(Br)c(CNC5CCCCC5)cc4Br)cccc3C2=O)C(=O)N1. The predicted molar refractivity (Wildman–Crippen MR) is 148 cm³/mol. The lowest BCUT2D eigenvalue weighted by atomic mass is 9.95. The number of hydrogen-bond acceptors (Lipinski definition) is 5. The van der Waals surface area contributed by atoms with Crippen LogP contribution in [0.3, 0.4) is 0 Å². The van der Waals surface area contributed by atoms with Crippen molar-refractivity contribution in [2.24, 2.45) is 0 Å². The molecule has 0 aromatic heterocycles. The van der Waals surface area contributed by atoms with E-state index in [2.05, 4.69) is 54.6 Å². The van der Waals surface area contributed by atoms with Gasteiger partial charge in [0.05, 0.1) is 0 Å². The highest BCUT2D eigenvalue weighted by molar-refractivity contribution is 9.11. The van der Waals surface area contributed by atoms with Crippen LogP contribution < -0.4 is 10.6 Å². The van der Waals surface area contributed by atoms with Gasteiger partial charge in [0.25, 0.3) is 5.91 Å². The number of thioether (sulfide) groups is 1. The Kier molecular flexibility index (Phi) is 8.20. The van der Waals surface area contributed by atoms with Gasteiger partial charge in [-0.25, -0.2) is 0 Å². The highest BCUT2D eigenvalue weighted by Crippen LogP contribution is 2.37. The monoisotopic (exact) mass is 633 g/mol. The largest absolute Gasteiger partial charge is 0.322 e. The molecule has 2 aromatic rings. The topological polar surface area (TPSA) is 78.5 Å². The van der Waals surface area contributed by atoms with Crippen molar-refractivity contribution in [3.63, 3.8) is 0 Å². The minimum Gasteiger partial charge on any atom is -0.322 e. The maximum atomic E-state index is 13.1. The quantitative estimate of drug-likeness (QED) is 0.302. The summed E-state index contributed by atoms with van der Waals surface area (Å²) in [5, 5.41) is 6.08. The predicted octanol–water partition coefficient (Wildman–Crippen LogP) is 5.69. The molecule has 2 aliphatic heterocycles. The van der Waals surface area contributed by atoms with Crippen molar-refractivity contribution in [1.29, 1.82) is 0 Å². The van der Waals surface area contributed by atoms with Crippen molar-refractivity contribution in [3.05, 3.63) is 61.5 Å². The summed E-state index contributed by atoms with van der Waals surface area (Å²) in [6.07, 6.45) is 7.14. The number of nitrogens with one attached hydrogen (secondary N) is 2. The minimum absolute atomic E-state index is 0.138. The summed E-state index contributed by atoms with van der Waals surface area (Å²) in [7, 11) is 0. The van der Waals surface area contributed by atoms with E-state index in [1.807, 2.05) is 18.2 Å². The minimum atomic E-state index is -0.597. The van der Waals surface area contributed by atoms with Gasteiger partial charge in [-0.2, -0.15) is 0 Å². The molecule has 2 aromatic carbocycles. The summed E-state index contributed by atoms with van der Waals surface area (Å²) in [5.41, 5.74) is 4.03. The van der Waals surface area contributed by atoms with E-state index in [9.17, 15) is 14.4 Å². The fourth-order valence-corrected chi connectivity index (χ4v) is 7.61. The van der Waals surface area contributed by atoms with Crippen LogP contribution in [0.25, 0.3) is 0 Å². The van der Waals surface area contributed by atoms with Gasteiger partial charge in [-0.05, 0) is 60.2 Å². The van der Waals surface area contributed by atoms with Crippen LogP contribution in [0.15, 0.2) is 44.2 Å². The summed E-state index contributed by atoms with van der Waals surface area (Å²) >= 11 is 9.23. The first-order chi connectivity index (χ1) is 17.4. The second kappa shape index (κ2) is 11.4. The first kappa shape index (κ1) is 25.9. The zero-order valence-corrected chi connectivity index (χ0v) is 23.9. The Morgan fingerprint density at radius 2 is 1.75 bits per heavy atom. The number of carbonyl (C=O) groups is 3. The molecule has 2 N–H and O–H groups in total. The Balaban J connectivity index is 1.26.